The molecule has 0 heterocycles. The number of hydrogen-bond acceptors (Lipinski definition) is 3. The highest BCUT2D eigenvalue weighted by Crippen LogP contribution is 2.25. The lowest BCUT2D eigenvalue weighted by molar-refractivity contribution is 0.00991. The van der Waals surface area contributed by atoms with Gasteiger partial charge in [0.15, 0.2) is 0 Å². The van der Waals surface area contributed by atoms with E-state index in [2.05, 4.69) is 6.07 Å². The predicted molar refractivity (Wildman–Crippen MR) is 58.2 cm³/mol. The largest absolute Gasteiger partial charge is 0.396 e. The van der Waals surface area contributed by atoms with Crippen LogP contribution in [0.4, 0.5) is 0 Å². The van der Waals surface area contributed by atoms with E-state index < -0.39 is 0 Å². The lowest BCUT2D eigenvalue weighted by Gasteiger charge is -2.27. The average Bonchev–Trinajstić information content (AvgIpc) is 2.30. The summed E-state index contributed by atoms with van der Waals surface area (Å²) < 4.78 is 5.73. The summed E-state index contributed by atoms with van der Waals surface area (Å²) in [5.74, 6) is 0.503. The van der Waals surface area contributed by atoms with Gasteiger partial charge in [-0.2, -0.15) is 5.26 Å². The number of rotatable bonds is 6. The number of nitrogens with zero attached hydrogens (tertiary/aromatic N) is 1. The van der Waals surface area contributed by atoms with Crippen molar-refractivity contribution in [3.63, 3.8) is 0 Å². The predicted octanol–water partition coefficient (Wildman–Crippen LogP) is 2.25. The Morgan fingerprint density at radius 1 is 1.20 bits per heavy atom. The van der Waals surface area contributed by atoms with E-state index in [1.54, 1.807) is 0 Å². The first-order valence-electron chi connectivity index (χ1n) is 5.96. The van der Waals surface area contributed by atoms with Crippen LogP contribution < -0.4 is 0 Å². The molecule has 0 aliphatic heterocycles. The van der Waals surface area contributed by atoms with Crippen LogP contribution in [0, 0.1) is 17.2 Å². The van der Waals surface area contributed by atoms with Crippen molar-refractivity contribution in [1.82, 2.24) is 0 Å². The van der Waals surface area contributed by atoms with Gasteiger partial charge in [-0.15, -0.1) is 0 Å². The normalized spacial score (nSPS) is 26.1. The first-order valence-corrected chi connectivity index (χ1v) is 5.96. The third-order valence-electron chi connectivity index (χ3n) is 3.09. The summed E-state index contributed by atoms with van der Waals surface area (Å²) in [5, 5.41) is 17.3. The fourth-order valence-corrected chi connectivity index (χ4v) is 2.04. The van der Waals surface area contributed by atoms with Gasteiger partial charge in [-0.05, 0) is 44.4 Å². The maximum absolute atomic E-state index is 8.98. The lowest BCUT2D eigenvalue weighted by Crippen LogP contribution is -2.23. The minimum absolute atomic E-state index is 0.328. The lowest BCUT2D eigenvalue weighted by atomic mass is 9.88. The van der Waals surface area contributed by atoms with Crippen molar-refractivity contribution in [2.75, 3.05) is 13.2 Å². The van der Waals surface area contributed by atoms with Crippen LogP contribution in [0.1, 0.15) is 44.9 Å². The summed E-state index contributed by atoms with van der Waals surface area (Å²) in [6.45, 7) is 1.12. The summed E-state index contributed by atoms with van der Waals surface area (Å²) in [6.07, 6.45) is 7.34. The summed E-state index contributed by atoms with van der Waals surface area (Å²) in [7, 11) is 0. The molecule has 1 N–H and O–H groups in total. The Bertz CT molecular complexity index is 192. The van der Waals surface area contributed by atoms with Gasteiger partial charge in [0, 0.05) is 19.6 Å². The van der Waals surface area contributed by atoms with Crippen molar-refractivity contribution in [2.24, 2.45) is 5.92 Å². The molecule has 3 nitrogen and oxygen atoms in total. The molecular weight excluding hydrogens is 190 g/mol. The van der Waals surface area contributed by atoms with Crippen LogP contribution in [0.2, 0.25) is 0 Å². The van der Waals surface area contributed by atoms with Crippen molar-refractivity contribution in [3.8, 4) is 6.07 Å². The van der Waals surface area contributed by atoms with Crippen LogP contribution >= 0.6 is 0 Å². The maximum atomic E-state index is 8.98. The van der Waals surface area contributed by atoms with Gasteiger partial charge in [0.1, 0.15) is 0 Å². The Kier molecular flexibility index (Phi) is 6.38. The summed E-state index contributed by atoms with van der Waals surface area (Å²) >= 11 is 0. The topological polar surface area (TPSA) is 53.2 Å². The molecule has 0 bridgehead atoms. The maximum Gasteiger partial charge on any atom is 0.0621 e. The number of aliphatic hydroxyl groups excluding tert-OH is 1. The molecule has 0 saturated heterocycles. The van der Waals surface area contributed by atoms with E-state index >= 15 is 0 Å². The van der Waals surface area contributed by atoms with Gasteiger partial charge < -0.3 is 9.84 Å². The molecular formula is C12H21NO2. The van der Waals surface area contributed by atoms with Gasteiger partial charge in [-0.3, -0.25) is 0 Å². The minimum Gasteiger partial charge on any atom is -0.396 e. The van der Waals surface area contributed by atoms with E-state index in [1.807, 2.05) is 0 Å². The Balaban J connectivity index is 1.97. The average molecular weight is 211 g/mol. The van der Waals surface area contributed by atoms with Crippen LogP contribution in [-0.2, 0) is 4.74 Å². The molecule has 0 amide bonds. The zero-order chi connectivity index (χ0) is 10.9. The highest BCUT2D eigenvalue weighted by atomic mass is 16.5. The van der Waals surface area contributed by atoms with Crippen molar-refractivity contribution in [1.29, 1.82) is 5.26 Å². The van der Waals surface area contributed by atoms with Crippen LogP contribution in [0.5, 0.6) is 0 Å². The van der Waals surface area contributed by atoms with Crippen molar-refractivity contribution in [3.05, 3.63) is 0 Å². The summed E-state index contributed by atoms with van der Waals surface area (Å²) in [5.41, 5.74) is 0. The Morgan fingerprint density at radius 3 is 2.53 bits per heavy atom. The van der Waals surface area contributed by atoms with Crippen LogP contribution in [-0.4, -0.2) is 24.4 Å². The van der Waals surface area contributed by atoms with E-state index in [0.29, 0.717) is 25.0 Å². The molecule has 86 valence electrons. The van der Waals surface area contributed by atoms with Crippen LogP contribution in [0.15, 0.2) is 0 Å². The molecule has 0 aromatic carbocycles. The fourth-order valence-electron chi connectivity index (χ4n) is 2.04. The summed E-state index contributed by atoms with van der Waals surface area (Å²) in [6, 6.07) is 2.14. The molecule has 1 aliphatic carbocycles. The monoisotopic (exact) mass is 211 g/mol. The molecule has 0 aromatic rings. The smallest absolute Gasteiger partial charge is 0.0621 e. The third kappa shape index (κ3) is 5.15. The second-order valence-electron chi connectivity index (χ2n) is 4.31. The second kappa shape index (κ2) is 7.67. The first-order chi connectivity index (χ1) is 7.36. The zero-order valence-corrected chi connectivity index (χ0v) is 9.32. The molecule has 0 radical (unpaired) electrons. The first kappa shape index (κ1) is 12.5. The van der Waals surface area contributed by atoms with Gasteiger partial charge in [0.2, 0.25) is 0 Å². The number of nitriles is 1. The van der Waals surface area contributed by atoms with Crippen LogP contribution in [0.3, 0.4) is 0 Å². The second-order valence-corrected chi connectivity index (χ2v) is 4.31. The van der Waals surface area contributed by atoms with E-state index in [0.717, 1.165) is 45.1 Å². The Hall–Kier alpha value is -0.590. The number of aliphatic hydroxyl groups is 1. The van der Waals surface area contributed by atoms with Crippen molar-refractivity contribution >= 4 is 0 Å². The van der Waals surface area contributed by atoms with E-state index in [9.17, 15) is 0 Å². The quantitative estimate of drug-likeness (QED) is 0.685. The molecule has 1 fully saturated rings. The zero-order valence-electron chi connectivity index (χ0n) is 9.32. The number of unbranched alkanes of at least 4 members (excludes halogenated alkanes) is 2. The molecule has 1 saturated carbocycles. The van der Waals surface area contributed by atoms with E-state index in [-0.39, 0.29) is 0 Å². The Labute approximate surface area is 92.0 Å². The van der Waals surface area contributed by atoms with E-state index in [4.69, 9.17) is 15.1 Å². The Morgan fingerprint density at radius 2 is 1.93 bits per heavy atom. The molecule has 1 rings (SSSR count). The molecule has 15 heavy (non-hydrogen) atoms. The standard InChI is InChI=1S/C12H21NO2/c13-8-2-1-3-9-15-12-6-4-11(10-14)5-7-12/h11-12,14H,1-7,9-10H2. The summed E-state index contributed by atoms with van der Waals surface area (Å²) in [4.78, 5) is 0. The fraction of sp³-hybridized carbons (Fsp3) is 0.917. The minimum atomic E-state index is 0.328. The molecule has 0 unspecified atom stereocenters. The molecule has 0 atom stereocenters. The van der Waals surface area contributed by atoms with E-state index in [1.165, 1.54) is 0 Å². The highest BCUT2D eigenvalue weighted by molar-refractivity contribution is 4.72. The van der Waals surface area contributed by atoms with Crippen LogP contribution in [0.25, 0.3) is 0 Å². The van der Waals surface area contributed by atoms with Gasteiger partial charge in [-0.25, -0.2) is 0 Å². The molecule has 3 heteroatoms. The number of ether oxygens (including phenoxy) is 1. The highest BCUT2D eigenvalue weighted by Gasteiger charge is 2.20. The van der Waals surface area contributed by atoms with Crippen molar-refractivity contribution in [2.45, 2.75) is 51.0 Å². The van der Waals surface area contributed by atoms with Gasteiger partial charge in [0.05, 0.1) is 12.2 Å². The number of hydrogen-bond donors (Lipinski definition) is 1. The van der Waals surface area contributed by atoms with Gasteiger partial charge in [-0.1, -0.05) is 0 Å². The third-order valence-corrected chi connectivity index (χ3v) is 3.09. The van der Waals surface area contributed by atoms with Gasteiger partial charge >= 0.3 is 0 Å². The van der Waals surface area contributed by atoms with Gasteiger partial charge in [0.25, 0.3) is 0 Å². The molecule has 0 aromatic heterocycles. The molecule has 0 spiro atoms. The van der Waals surface area contributed by atoms with Crippen molar-refractivity contribution < 1.29 is 9.84 Å². The molecule has 1 aliphatic rings. The SMILES string of the molecule is N#CCCCCOC1CCC(CO)CC1.